The Labute approximate surface area is 173 Å². The smallest absolute Gasteiger partial charge is 0.253 e. The normalized spacial score (nSPS) is 20.7. The molecule has 2 heterocycles. The minimum Gasteiger partial charge on any atom is -0.379 e. The Morgan fingerprint density at radius 1 is 1.17 bits per heavy atom. The number of rotatable bonds is 7. The van der Waals surface area contributed by atoms with Gasteiger partial charge in [0.15, 0.2) is 0 Å². The van der Waals surface area contributed by atoms with Crippen molar-refractivity contribution in [1.29, 1.82) is 0 Å². The number of morpholine rings is 1. The molecule has 1 amide bonds. The fraction of sp³-hybridized carbons (Fsp3) is 0.650. The maximum absolute atomic E-state index is 13.1. The summed E-state index contributed by atoms with van der Waals surface area (Å²) in [5, 5.41) is 3.02. The second-order valence-electron chi connectivity index (χ2n) is 7.26. The molecule has 1 unspecified atom stereocenters. The maximum atomic E-state index is 13.1. The van der Waals surface area contributed by atoms with E-state index in [2.05, 4.69) is 10.2 Å². The standard InChI is InChI=1S/C20H31N3O5S/c1-3-23(4-2)29(25,26)17-7-8-19(22-9-12-27-13-10-22)18(14-17)20(24)21-16-6-5-11-28-15-16/h7-8,14,16H,3-6,9-13,15H2,1-2H3,(H,21,24). The van der Waals surface area contributed by atoms with Crippen LogP contribution in [0.5, 0.6) is 0 Å². The first-order valence-electron chi connectivity index (χ1n) is 10.3. The van der Waals surface area contributed by atoms with Crippen molar-refractivity contribution in [1.82, 2.24) is 9.62 Å². The predicted octanol–water partition coefficient (Wildman–Crippen LogP) is 1.46. The summed E-state index contributed by atoms with van der Waals surface area (Å²) in [5.41, 5.74) is 1.12. The third kappa shape index (κ3) is 5.09. The monoisotopic (exact) mass is 425 g/mol. The molecule has 2 aliphatic rings. The van der Waals surface area contributed by atoms with E-state index in [4.69, 9.17) is 9.47 Å². The molecule has 1 atom stereocenters. The number of nitrogens with zero attached hydrogens (tertiary/aromatic N) is 2. The first kappa shape index (κ1) is 22.0. The van der Waals surface area contributed by atoms with Crippen LogP contribution in [-0.4, -0.2) is 77.3 Å². The molecule has 162 valence electrons. The van der Waals surface area contributed by atoms with Gasteiger partial charge in [-0.15, -0.1) is 0 Å². The summed E-state index contributed by atoms with van der Waals surface area (Å²) >= 11 is 0. The molecule has 29 heavy (non-hydrogen) atoms. The van der Waals surface area contributed by atoms with Crippen molar-refractivity contribution in [2.75, 3.05) is 57.5 Å². The SMILES string of the molecule is CCN(CC)S(=O)(=O)c1ccc(N2CCOCC2)c(C(=O)NC2CCCOC2)c1. The van der Waals surface area contributed by atoms with Crippen LogP contribution >= 0.6 is 0 Å². The van der Waals surface area contributed by atoms with Crippen LogP contribution in [0.15, 0.2) is 23.1 Å². The van der Waals surface area contributed by atoms with Crippen LogP contribution in [0.1, 0.15) is 37.0 Å². The number of carbonyl (C=O) groups excluding carboxylic acids is 1. The van der Waals surface area contributed by atoms with Crippen LogP contribution in [0.3, 0.4) is 0 Å². The number of sulfonamides is 1. The highest BCUT2D eigenvalue weighted by Gasteiger charge is 2.27. The summed E-state index contributed by atoms with van der Waals surface area (Å²) in [5.74, 6) is -0.265. The molecular formula is C20H31N3O5S. The molecule has 0 saturated carbocycles. The quantitative estimate of drug-likeness (QED) is 0.712. The topological polar surface area (TPSA) is 88.2 Å². The summed E-state index contributed by atoms with van der Waals surface area (Å²) in [4.78, 5) is 15.3. The number of hydrogen-bond donors (Lipinski definition) is 1. The highest BCUT2D eigenvalue weighted by Crippen LogP contribution is 2.27. The number of nitrogens with one attached hydrogen (secondary N) is 1. The van der Waals surface area contributed by atoms with Crippen molar-refractivity contribution in [3.05, 3.63) is 23.8 Å². The van der Waals surface area contributed by atoms with Crippen LogP contribution in [0.2, 0.25) is 0 Å². The van der Waals surface area contributed by atoms with Gasteiger partial charge in [-0.05, 0) is 31.0 Å². The first-order valence-corrected chi connectivity index (χ1v) is 11.8. The van der Waals surface area contributed by atoms with Crippen molar-refractivity contribution in [3.63, 3.8) is 0 Å². The Bertz CT molecular complexity index is 798. The Balaban J connectivity index is 1.95. The summed E-state index contributed by atoms with van der Waals surface area (Å²) in [6, 6.07) is 4.79. The molecule has 3 rings (SSSR count). The summed E-state index contributed by atoms with van der Waals surface area (Å²) in [7, 11) is -3.65. The van der Waals surface area contributed by atoms with Gasteiger partial charge >= 0.3 is 0 Å². The molecule has 0 aromatic heterocycles. The molecule has 2 aliphatic heterocycles. The maximum Gasteiger partial charge on any atom is 0.253 e. The Morgan fingerprint density at radius 2 is 1.90 bits per heavy atom. The van der Waals surface area contributed by atoms with Crippen LogP contribution in [0, 0.1) is 0 Å². The largest absolute Gasteiger partial charge is 0.379 e. The molecule has 2 fully saturated rings. The lowest BCUT2D eigenvalue weighted by Gasteiger charge is -2.31. The van der Waals surface area contributed by atoms with E-state index in [9.17, 15) is 13.2 Å². The highest BCUT2D eigenvalue weighted by molar-refractivity contribution is 7.89. The fourth-order valence-electron chi connectivity index (χ4n) is 3.77. The van der Waals surface area contributed by atoms with E-state index in [1.165, 1.54) is 10.4 Å². The molecule has 1 aromatic rings. The van der Waals surface area contributed by atoms with Gasteiger partial charge in [-0.3, -0.25) is 4.79 Å². The zero-order valence-corrected chi connectivity index (χ0v) is 18.0. The number of anilines is 1. The molecular weight excluding hydrogens is 394 g/mol. The molecule has 9 heteroatoms. The molecule has 1 N–H and O–H groups in total. The Morgan fingerprint density at radius 3 is 2.52 bits per heavy atom. The van der Waals surface area contributed by atoms with Crippen molar-refractivity contribution in [2.24, 2.45) is 0 Å². The van der Waals surface area contributed by atoms with Crippen LogP contribution in [0.25, 0.3) is 0 Å². The first-order chi connectivity index (χ1) is 14.0. The van der Waals surface area contributed by atoms with Crippen molar-refractivity contribution in [2.45, 2.75) is 37.6 Å². The van der Waals surface area contributed by atoms with Gasteiger partial charge in [-0.2, -0.15) is 4.31 Å². The van der Waals surface area contributed by atoms with Crippen molar-refractivity contribution < 1.29 is 22.7 Å². The van der Waals surface area contributed by atoms with Crippen molar-refractivity contribution >= 4 is 21.6 Å². The predicted molar refractivity (Wildman–Crippen MR) is 111 cm³/mol. The van der Waals surface area contributed by atoms with Crippen LogP contribution < -0.4 is 10.2 Å². The van der Waals surface area contributed by atoms with E-state index in [1.807, 2.05) is 0 Å². The van der Waals surface area contributed by atoms with E-state index < -0.39 is 10.0 Å². The summed E-state index contributed by atoms with van der Waals surface area (Å²) < 4.78 is 38.3. The average molecular weight is 426 g/mol. The second-order valence-corrected chi connectivity index (χ2v) is 9.19. The number of hydrogen-bond acceptors (Lipinski definition) is 6. The third-order valence-electron chi connectivity index (χ3n) is 5.40. The zero-order valence-electron chi connectivity index (χ0n) is 17.2. The van der Waals surface area contributed by atoms with E-state index >= 15 is 0 Å². The molecule has 0 radical (unpaired) electrons. The lowest BCUT2D eigenvalue weighted by molar-refractivity contribution is 0.0624. The van der Waals surface area contributed by atoms with E-state index in [0.717, 1.165) is 18.5 Å². The van der Waals surface area contributed by atoms with Crippen molar-refractivity contribution in [3.8, 4) is 0 Å². The minimum absolute atomic E-state index is 0.0585. The molecule has 0 bridgehead atoms. The fourth-order valence-corrected chi connectivity index (χ4v) is 5.25. The lowest BCUT2D eigenvalue weighted by atomic mass is 10.1. The zero-order chi connectivity index (χ0) is 20.9. The molecule has 0 aliphatic carbocycles. The van der Waals surface area contributed by atoms with Gasteiger partial charge in [0.05, 0.1) is 36.3 Å². The van der Waals surface area contributed by atoms with Gasteiger partial charge in [0.1, 0.15) is 0 Å². The van der Waals surface area contributed by atoms with Gasteiger partial charge in [-0.1, -0.05) is 13.8 Å². The highest BCUT2D eigenvalue weighted by atomic mass is 32.2. The van der Waals surface area contributed by atoms with E-state index in [0.29, 0.717) is 58.2 Å². The Kier molecular flexibility index (Phi) is 7.50. The van der Waals surface area contributed by atoms with Crippen LogP contribution in [0.4, 0.5) is 5.69 Å². The molecule has 8 nitrogen and oxygen atoms in total. The number of ether oxygens (including phenoxy) is 2. The van der Waals surface area contributed by atoms with E-state index in [-0.39, 0.29) is 16.8 Å². The number of amides is 1. The van der Waals surface area contributed by atoms with Gasteiger partial charge in [0.2, 0.25) is 10.0 Å². The van der Waals surface area contributed by atoms with E-state index in [1.54, 1.807) is 26.0 Å². The molecule has 0 spiro atoms. The minimum atomic E-state index is -3.65. The Hall–Kier alpha value is -1.68. The summed E-state index contributed by atoms with van der Waals surface area (Å²) in [6.45, 7) is 8.05. The average Bonchev–Trinajstić information content (AvgIpc) is 2.75. The van der Waals surface area contributed by atoms with Gasteiger partial charge in [0.25, 0.3) is 5.91 Å². The second kappa shape index (κ2) is 9.88. The number of carbonyl (C=O) groups is 1. The van der Waals surface area contributed by atoms with Gasteiger partial charge in [-0.25, -0.2) is 8.42 Å². The molecule has 1 aromatic carbocycles. The van der Waals surface area contributed by atoms with Crippen LogP contribution in [-0.2, 0) is 19.5 Å². The molecule has 2 saturated heterocycles. The number of benzene rings is 1. The van der Waals surface area contributed by atoms with Gasteiger partial charge in [0, 0.05) is 38.5 Å². The summed E-state index contributed by atoms with van der Waals surface area (Å²) in [6.07, 6.45) is 1.76. The van der Waals surface area contributed by atoms with Gasteiger partial charge < -0.3 is 19.7 Å². The third-order valence-corrected chi connectivity index (χ3v) is 7.45. The lowest BCUT2D eigenvalue weighted by Crippen LogP contribution is -2.42.